The molecule has 3 heteroatoms. The highest BCUT2D eigenvalue weighted by atomic mass is 16.5. The summed E-state index contributed by atoms with van der Waals surface area (Å²) < 4.78 is 11.6. The number of hydrogen-bond donors (Lipinski definition) is 0. The molecule has 30 heavy (non-hydrogen) atoms. The van der Waals surface area contributed by atoms with E-state index in [1.807, 2.05) is 32.9 Å². The molecule has 0 aromatic heterocycles. The van der Waals surface area contributed by atoms with Gasteiger partial charge in [0.1, 0.15) is 11.5 Å². The number of fused-ring (bicyclic) bond motifs is 10. The highest BCUT2D eigenvalue weighted by Crippen LogP contribution is 2.33. The van der Waals surface area contributed by atoms with Gasteiger partial charge in [-0.1, -0.05) is 34.9 Å². The van der Waals surface area contributed by atoms with Crippen LogP contribution in [0.2, 0.25) is 0 Å². The second-order valence-electron chi connectivity index (χ2n) is 9.52. The van der Waals surface area contributed by atoms with Crippen molar-refractivity contribution in [3.8, 4) is 11.5 Å². The van der Waals surface area contributed by atoms with E-state index in [1.165, 1.54) is 16.7 Å². The molecule has 0 saturated heterocycles. The first-order chi connectivity index (χ1) is 14.1. The Balaban J connectivity index is 2.50. The summed E-state index contributed by atoms with van der Waals surface area (Å²) in [7, 11) is 1.70. The van der Waals surface area contributed by atoms with Gasteiger partial charge in [0.15, 0.2) is 0 Å². The SMILES string of the molecule is COc1cc2c(OC(=O)C(C)(C)C)cc1C/C=C(\C)CC/C=C(\C)CC/C=C(/C)C2. The van der Waals surface area contributed by atoms with Gasteiger partial charge in [0.05, 0.1) is 12.5 Å². The highest BCUT2D eigenvalue weighted by Gasteiger charge is 2.25. The van der Waals surface area contributed by atoms with Crippen molar-refractivity contribution in [2.45, 2.75) is 80.1 Å². The van der Waals surface area contributed by atoms with Crippen LogP contribution < -0.4 is 9.47 Å². The standard InChI is InChI=1S/C27H38O3/c1-19-10-8-12-20(2)14-15-22-17-25(30-26(28)27(4,5)6)23(18-24(22)29-7)16-21(3)13-9-11-19/h10,13-14,17-18H,8-9,11-12,15-16H2,1-7H3/b19-10+,20-14+,21-13-. The lowest BCUT2D eigenvalue weighted by Crippen LogP contribution is -2.26. The number of rotatable bonds is 2. The van der Waals surface area contributed by atoms with E-state index in [9.17, 15) is 4.79 Å². The summed E-state index contributed by atoms with van der Waals surface area (Å²) in [5.41, 5.74) is 5.55. The monoisotopic (exact) mass is 410 g/mol. The molecule has 0 aliphatic heterocycles. The molecule has 0 radical (unpaired) electrons. The number of allylic oxidation sites excluding steroid dienone is 6. The van der Waals surface area contributed by atoms with Crippen molar-refractivity contribution in [3.05, 3.63) is 58.2 Å². The van der Waals surface area contributed by atoms with Gasteiger partial charge >= 0.3 is 5.97 Å². The van der Waals surface area contributed by atoms with Crippen LogP contribution in [0.1, 0.15) is 78.4 Å². The normalized spacial score (nSPS) is 21.6. The third kappa shape index (κ3) is 7.19. The summed E-state index contributed by atoms with van der Waals surface area (Å²) in [5.74, 6) is 1.27. The molecule has 0 heterocycles. The maximum Gasteiger partial charge on any atom is 0.316 e. The smallest absolute Gasteiger partial charge is 0.316 e. The van der Waals surface area contributed by atoms with Crippen molar-refractivity contribution >= 4 is 5.97 Å². The molecule has 0 saturated carbocycles. The van der Waals surface area contributed by atoms with E-state index in [-0.39, 0.29) is 5.97 Å². The van der Waals surface area contributed by atoms with Gasteiger partial charge in [0.25, 0.3) is 0 Å². The molecule has 1 aromatic rings. The second kappa shape index (κ2) is 10.7. The third-order valence-electron chi connectivity index (χ3n) is 5.48. The first-order valence-electron chi connectivity index (χ1n) is 11.0. The minimum absolute atomic E-state index is 0.219. The van der Waals surface area contributed by atoms with Crippen LogP contribution in [0.25, 0.3) is 0 Å². The Morgan fingerprint density at radius 3 is 2.00 bits per heavy atom. The van der Waals surface area contributed by atoms with Crippen LogP contribution in [-0.4, -0.2) is 13.1 Å². The van der Waals surface area contributed by atoms with Gasteiger partial charge in [0.2, 0.25) is 0 Å². The largest absolute Gasteiger partial charge is 0.496 e. The number of carbonyl (C=O) groups is 1. The topological polar surface area (TPSA) is 35.5 Å². The van der Waals surface area contributed by atoms with Crippen molar-refractivity contribution < 1.29 is 14.3 Å². The van der Waals surface area contributed by atoms with Gasteiger partial charge in [-0.25, -0.2) is 0 Å². The number of hydrogen-bond acceptors (Lipinski definition) is 3. The zero-order valence-corrected chi connectivity index (χ0v) is 19.9. The van der Waals surface area contributed by atoms with Crippen LogP contribution >= 0.6 is 0 Å². The lowest BCUT2D eigenvalue weighted by Gasteiger charge is -2.20. The zero-order chi connectivity index (χ0) is 22.3. The average Bonchev–Trinajstić information content (AvgIpc) is 2.66. The first kappa shape index (κ1) is 24.0. The van der Waals surface area contributed by atoms with Crippen LogP contribution in [-0.2, 0) is 17.6 Å². The lowest BCUT2D eigenvalue weighted by atomic mass is 9.96. The van der Waals surface area contributed by atoms with E-state index in [0.717, 1.165) is 55.4 Å². The minimum Gasteiger partial charge on any atom is -0.496 e. The Kier molecular flexibility index (Phi) is 8.52. The summed E-state index contributed by atoms with van der Waals surface area (Å²) in [6.45, 7) is 12.2. The fourth-order valence-electron chi connectivity index (χ4n) is 3.43. The molecule has 0 unspecified atom stereocenters. The van der Waals surface area contributed by atoms with Gasteiger partial charge < -0.3 is 9.47 Å². The van der Waals surface area contributed by atoms with Gasteiger partial charge in [-0.3, -0.25) is 4.79 Å². The predicted octanol–water partition coefficient (Wildman–Crippen LogP) is 7.14. The Morgan fingerprint density at radius 2 is 1.40 bits per heavy atom. The van der Waals surface area contributed by atoms with E-state index in [4.69, 9.17) is 9.47 Å². The van der Waals surface area contributed by atoms with Crippen molar-refractivity contribution in [2.75, 3.05) is 7.11 Å². The number of benzene rings is 1. The quantitative estimate of drug-likeness (QED) is 0.295. The van der Waals surface area contributed by atoms with Crippen molar-refractivity contribution in [2.24, 2.45) is 5.41 Å². The molecule has 3 nitrogen and oxygen atoms in total. The first-order valence-corrected chi connectivity index (χ1v) is 11.0. The van der Waals surface area contributed by atoms with Crippen molar-refractivity contribution in [1.29, 1.82) is 0 Å². The second-order valence-corrected chi connectivity index (χ2v) is 9.52. The van der Waals surface area contributed by atoms with E-state index in [0.29, 0.717) is 5.75 Å². The van der Waals surface area contributed by atoms with Gasteiger partial charge in [0, 0.05) is 11.1 Å². The fraction of sp³-hybridized carbons (Fsp3) is 0.519. The molecular formula is C27H38O3. The average molecular weight is 411 g/mol. The number of methoxy groups -OCH3 is 1. The molecule has 0 amide bonds. The van der Waals surface area contributed by atoms with Gasteiger partial charge in [-0.05, 0) is 92.2 Å². The molecule has 0 spiro atoms. The lowest BCUT2D eigenvalue weighted by molar-refractivity contribution is -0.143. The van der Waals surface area contributed by atoms with E-state index >= 15 is 0 Å². The molecule has 2 aliphatic rings. The fourth-order valence-corrected chi connectivity index (χ4v) is 3.43. The van der Waals surface area contributed by atoms with Gasteiger partial charge in [-0.2, -0.15) is 0 Å². The minimum atomic E-state index is -0.556. The van der Waals surface area contributed by atoms with Crippen LogP contribution in [0.15, 0.2) is 47.1 Å². The summed E-state index contributed by atoms with van der Waals surface area (Å²) in [4.78, 5) is 12.6. The number of ether oxygens (including phenoxy) is 2. The molecule has 3 rings (SSSR count). The molecule has 0 N–H and O–H groups in total. The molecule has 1 aromatic carbocycles. The Labute approximate surface area is 182 Å². The summed E-state index contributed by atoms with van der Waals surface area (Å²) in [5, 5.41) is 0. The molecular weight excluding hydrogens is 372 g/mol. The molecule has 2 bridgehead atoms. The molecule has 0 fully saturated rings. The molecule has 164 valence electrons. The van der Waals surface area contributed by atoms with Crippen LogP contribution in [0.3, 0.4) is 0 Å². The van der Waals surface area contributed by atoms with E-state index in [2.05, 4.69) is 39.0 Å². The highest BCUT2D eigenvalue weighted by molar-refractivity contribution is 5.78. The summed E-state index contributed by atoms with van der Waals surface area (Å²) in [6, 6.07) is 4.03. The number of esters is 1. The van der Waals surface area contributed by atoms with Gasteiger partial charge in [-0.15, -0.1) is 0 Å². The maximum atomic E-state index is 12.6. The van der Waals surface area contributed by atoms with Crippen LogP contribution in [0.5, 0.6) is 11.5 Å². The molecule has 0 atom stereocenters. The van der Waals surface area contributed by atoms with Crippen molar-refractivity contribution in [3.63, 3.8) is 0 Å². The summed E-state index contributed by atoms with van der Waals surface area (Å²) in [6.07, 6.45) is 12.6. The van der Waals surface area contributed by atoms with E-state index < -0.39 is 5.41 Å². The number of carbonyl (C=O) groups excluding carboxylic acids is 1. The molecule has 2 aliphatic carbocycles. The summed E-state index contributed by atoms with van der Waals surface area (Å²) >= 11 is 0. The maximum absolute atomic E-state index is 12.6. The Morgan fingerprint density at radius 1 is 0.833 bits per heavy atom. The Bertz CT molecular complexity index is 848. The predicted molar refractivity (Wildman–Crippen MR) is 125 cm³/mol. The van der Waals surface area contributed by atoms with Crippen molar-refractivity contribution in [1.82, 2.24) is 0 Å². The van der Waals surface area contributed by atoms with E-state index in [1.54, 1.807) is 7.11 Å². The Hall–Kier alpha value is -2.29. The van der Waals surface area contributed by atoms with Crippen LogP contribution in [0, 0.1) is 5.41 Å². The van der Waals surface area contributed by atoms with Crippen LogP contribution in [0.4, 0.5) is 0 Å². The third-order valence-corrected chi connectivity index (χ3v) is 5.48. The zero-order valence-electron chi connectivity index (χ0n) is 19.9.